The molecule has 4 N–H and O–H groups in total. The van der Waals surface area contributed by atoms with E-state index in [4.69, 9.17) is 11.5 Å². The molecule has 100 valence electrons. The van der Waals surface area contributed by atoms with Gasteiger partial charge in [0.15, 0.2) is 0 Å². The van der Waals surface area contributed by atoms with Crippen LogP contribution >= 0.6 is 11.3 Å². The lowest BCUT2D eigenvalue weighted by atomic mass is 10.1. The molecule has 0 aliphatic rings. The fourth-order valence-electron chi connectivity index (χ4n) is 1.91. The second-order valence-corrected chi connectivity index (χ2v) is 5.56. The highest BCUT2D eigenvalue weighted by atomic mass is 32.1. The summed E-state index contributed by atoms with van der Waals surface area (Å²) in [7, 11) is 2.04. The minimum Gasteiger partial charge on any atom is -0.398 e. The number of thiophene rings is 1. The van der Waals surface area contributed by atoms with Crippen LogP contribution in [0.4, 0.5) is 5.69 Å². The van der Waals surface area contributed by atoms with Crippen LogP contribution in [0, 0.1) is 0 Å². The Hall–Kier alpha value is -1.85. The van der Waals surface area contributed by atoms with Gasteiger partial charge in [0.25, 0.3) is 0 Å². The van der Waals surface area contributed by atoms with Crippen molar-refractivity contribution in [2.45, 2.75) is 13.1 Å². The molecule has 5 heteroatoms. The van der Waals surface area contributed by atoms with Gasteiger partial charge >= 0.3 is 0 Å². The van der Waals surface area contributed by atoms with E-state index in [-0.39, 0.29) is 0 Å². The largest absolute Gasteiger partial charge is 0.398 e. The van der Waals surface area contributed by atoms with Crippen molar-refractivity contribution in [3.8, 4) is 0 Å². The van der Waals surface area contributed by atoms with Crippen LogP contribution in [-0.2, 0) is 13.1 Å². The molecule has 0 spiro atoms. The van der Waals surface area contributed by atoms with E-state index in [1.54, 1.807) is 23.5 Å². The van der Waals surface area contributed by atoms with Crippen LogP contribution in [-0.4, -0.2) is 17.9 Å². The van der Waals surface area contributed by atoms with Crippen LogP contribution in [0.1, 0.15) is 20.8 Å². The molecule has 0 radical (unpaired) electrons. The molecule has 0 saturated heterocycles. The number of carbonyl (C=O) groups is 1. The molecule has 1 aromatic heterocycles. The number of hydrogen-bond donors (Lipinski definition) is 2. The molecule has 0 unspecified atom stereocenters. The van der Waals surface area contributed by atoms with Crippen LogP contribution < -0.4 is 11.5 Å². The van der Waals surface area contributed by atoms with Crippen LogP contribution in [0.15, 0.2) is 35.7 Å². The lowest BCUT2D eigenvalue weighted by Gasteiger charge is -2.17. The molecule has 19 heavy (non-hydrogen) atoms. The maximum Gasteiger partial charge on any atom is 0.248 e. The third kappa shape index (κ3) is 3.56. The van der Waals surface area contributed by atoms with Crippen molar-refractivity contribution < 1.29 is 4.79 Å². The number of amides is 1. The lowest BCUT2D eigenvalue weighted by Crippen LogP contribution is -2.18. The summed E-state index contributed by atoms with van der Waals surface area (Å²) in [6.07, 6.45) is 0. The predicted octanol–water partition coefficient (Wildman–Crippen LogP) is 2.06. The monoisotopic (exact) mass is 275 g/mol. The van der Waals surface area contributed by atoms with E-state index in [2.05, 4.69) is 16.3 Å². The highest BCUT2D eigenvalue weighted by Crippen LogP contribution is 2.18. The minimum absolute atomic E-state index is 0.446. The van der Waals surface area contributed by atoms with Crippen LogP contribution in [0.2, 0.25) is 0 Å². The lowest BCUT2D eigenvalue weighted by molar-refractivity contribution is 0.100. The average Bonchev–Trinajstić information content (AvgIpc) is 2.84. The van der Waals surface area contributed by atoms with Gasteiger partial charge in [-0.1, -0.05) is 12.1 Å². The zero-order chi connectivity index (χ0) is 13.8. The normalized spacial score (nSPS) is 10.8. The van der Waals surface area contributed by atoms with Gasteiger partial charge in [-0.05, 0) is 36.2 Å². The number of rotatable bonds is 5. The Kier molecular flexibility index (Phi) is 4.19. The maximum absolute atomic E-state index is 11.1. The minimum atomic E-state index is -0.454. The van der Waals surface area contributed by atoms with Crippen molar-refractivity contribution in [1.82, 2.24) is 4.90 Å². The van der Waals surface area contributed by atoms with Gasteiger partial charge in [-0.3, -0.25) is 9.69 Å². The number of benzene rings is 1. The van der Waals surface area contributed by atoms with Crippen molar-refractivity contribution in [2.75, 3.05) is 12.8 Å². The highest BCUT2D eigenvalue weighted by molar-refractivity contribution is 7.09. The Balaban J connectivity index is 2.04. The molecule has 0 aliphatic heterocycles. The number of nitrogens with zero attached hydrogens (tertiary/aromatic N) is 1. The summed E-state index contributed by atoms with van der Waals surface area (Å²) in [5.74, 6) is -0.454. The first-order valence-electron chi connectivity index (χ1n) is 5.95. The second kappa shape index (κ2) is 5.86. The first-order valence-corrected chi connectivity index (χ1v) is 6.83. The highest BCUT2D eigenvalue weighted by Gasteiger charge is 2.08. The number of primary amides is 1. The molecular weight excluding hydrogens is 258 g/mol. The summed E-state index contributed by atoms with van der Waals surface area (Å²) >= 11 is 1.74. The van der Waals surface area contributed by atoms with Crippen molar-refractivity contribution in [1.29, 1.82) is 0 Å². The average molecular weight is 275 g/mol. The number of carbonyl (C=O) groups excluding carboxylic acids is 1. The van der Waals surface area contributed by atoms with Gasteiger partial charge < -0.3 is 11.5 Å². The van der Waals surface area contributed by atoms with Crippen molar-refractivity contribution in [3.05, 3.63) is 51.7 Å². The number of nitrogen functional groups attached to an aromatic ring is 1. The molecule has 1 heterocycles. The van der Waals surface area contributed by atoms with Crippen LogP contribution in [0.25, 0.3) is 0 Å². The Bertz CT molecular complexity index is 566. The Labute approximate surface area is 116 Å². The van der Waals surface area contributed by atoms with Gasteiger partial charge in [0.05, 0.1) is 0 Å². The molecule has 0 atom stereocenters. The second-order valence-electron chi connectivity index (χ2n) is 4.53. The van der Waals surface area contributed by atoms with Gasteiger partial charge in [-0.15, -0.1) is 11.3 Å². The molecule has 1 amide bonds. The van der Waals surface area contributed by atoms with Gasteiger partial charge in [-0.2, -0.15) is 0 Å². The predicted molar refractivity (Wildman–Crippen MR) is 78.9 cm³/mol. The first kappa shape index (κ1) is 13.6. The summed E-state index contributed by atoms with van der Waals surface area (Å²) in [5, 5.41) is 2.07. The van der Waals surface area contributed by atoms with E-state index in [9.17, 15) is 4.79 Å². The van der Waals surface area contributed by atoms with Crippen molar-refractivity contribution in [2.24, 2.45) is 5.73 Å². The third-order valence-electron chi connectivity index (χ3n) is 2.88. The van der Waals surface area contributed by atoms with Gasteiger partial charge in [-0.25, -0.2) is 0 Å². The number of nitrogens with two attached hydrogens (primary N) is 2. The zero-order valence-corrected chi connectivity index (χ0v) is 11.6. The Morgan fingerprint density at radius 2 is 2.11 bits per heavy atom. The molecule has 1 aromatic carbocycles. The SMILES string of the molecule is CN(Cc1cccs1)Cc1ccc(C(N)=O)cc1N. The van der Waals surface area contributed by atoms with Gasteiger partial charge in [0.1, 0.15) is 0 Å². The summed E-state index contributed by atoms with van der Waals surface area (Å²) in [6.45, 7) is 1.62. The first-order chi connectivity index (χ1) is 9.06. The summed E-state index contributed by atoms with van der Waals surface area (Å²) < 4.78 is 0. The molecule has 0 bridgehead atoms. The molecule has 2 rings (SSSR count). The number of anilines is 1. The fraction of sp³-hybridized carbons (Fsp3) is 0.214. The molecule has 0 aliphatic carbocycles. The molecule has 4 nitrogen and oxygen atoms in total. The smallest absolute Gasteiger partial charge is 0.248 e. The third-order valence-corrected chi connectivity index (χ3v) is 3.74. The quantitative estimate of drug-likeness (QED) is 0.820. The summed E-state index contributed by atoms with van der Waals surface area (Å²) in [5.41, 5.74) is 13.2. The molecular formula is C14H17N3OS. The standard InChI is InChI=1S/C14H17N3OS/c1-17(9-12-3-2-6-19-12)8-11-5-4-10(14(16)18)7-13(11)15/h2-7H,8-9,15H2,1H3,(H2,16,18). The summed E-state index contributed by atoms with van der Waals surface area (Å²) in [6, 6.07) is 9.37. The maximum atomic E-state index is 11.1. The van der Waals surface area contributed by atoms with Crippen molar-refractivity contribution >= 4 is 22.9 Å². The number of hydrogen-bond acceptors (Lipinski definition) is 4. The molecule has 0 fully saturated rings. The van der Waals surface area contributed by atoms with E-state index in [1.165, 1.54) is 4.88 Å². The van der Waals surface area contributed by atoms with E-state index < -0.39 is 5.91 Å². The van der Waals surface area contributed by atoms with Gasteiger partial charge in [0, 0.05) is 29.2 Å². The van der Waals surface area contributed by atoms with Crippen molar-refractivity contribution in [3.63, 3.8) is 0 Å². The van der Waals surface area contributed by atoms with E-state index in [0.717, 1.165) is 18.7 Å². The summed E-state index contributed by atoms with van der Waals surface area (Å²) in [4.78, 5) is 14.6. The van der Waals surface area contributed by atoms with E-state index in [1.807, 2.05) is 19.2 Å². The van der Waals surface area contributed by atoms with Gasteiger partial charge in [0.2, 0.25) is 5.91 Å². The van der Waals surface area contributed by atoms with E-state index >= 15 is 0 Å². The van der Waals surface area contributed by atoms with Crippen LogP contribution in [0.5, 0.6) is 0 Å². The molecule has 0 saturated carbocycles. The Morgan fingerprint density at radius 3 is 2.68 bits per heavy atom. The Morgan fingerprint density at radius 1 is 1.32 bits per heavy atom. The topological polar surface area (TPSA) is 72.3 Å². The van der Waals surface area contributed by atoms with E-state index in [0.29, 0.717) is 11.3 Å². The zero-order valence-electron chi connectivity index (χ0n) is 10.8. The fourth-order valence-corrected chi connectivity index (χ4v) is 2.69. The molecule has 2 aromatic rings. The van der Waals surface area contributed by atoms with Crippen LogP contribution in [0.3, 0.4) is 0 Å².